The quantitative estimate of drug-likeness (QED) is 0.679. The number of aromatic nitrogens is 2. The van der Waals surface area contributed by atoms with Gasteiger partial charge in [0.15, 0.2) is 11.4 Å². The van der Waals surface area contributed by atoms with Crippen LogP contribution >= 0.6 is 0 Å². The van der Waals surface area contributed by atoms with Crippen molar-refractivity contribution in [3.8, 4) is 5.75 Å². The van der Waals surface area contributed by atoms with Crippen molar-refractivity contribution in [1.29, 1.82) is 0 Å². The van der Waals surface area contributed by atoms with E-state index >= 15 is 0 Å². The number of carboxylic acids is 2. The number of pyridine rings is 1. The van der Waals surface area contributed by atoms with Crippen LogP contribution in [0.5, 0.6) is 5.75 Å². The molecule has 0 radical (unpaired) electrons. The Morgan fingerprint density at radius 2 is 2.08 bits per heavy atom. The number of methoxy groups -OCH3 is 1. The van der Waals surface area contributed by atoms with Gasteiger partial charge in [0.25, 0.3) is 5.91 Å². The Bertz CT molecular complexity index is 798. The van der Waals surface area contributed by atoms with Gasteiger partial charge < -0.3 is 20.3 Å². The fourth-order valence-electron chi connectivity index (χ4n) is 2.34. The summed E-state index contributed by atoms with van der Waals surface area (Å²) in [4.78, 5) is 38.6. The van der Waals surface area contributed by atoms with Crippen molar-refractivity contribution < 1.29 is 29.3 Å². The highest BCUT2D eigenvalue weighted by Gasteiger charge is 2.25. The first-order valence-corrected chi connectivity index (χ1v) is 7.12. The van der Waals surface area contributed by atoms with Crippen molar-refractivity contribution in [2.75, 3.05) is 7.11 Å². The van der Waals surface area contributed by atoms with Crippen molar-refractivity contribution in [2.45, 2.75) is 25.8 Å². The molecule has 24 heavy (non-hydrogen) atoms. The summed E-state index contributed by atoms with van der Waals surface area (Å²) in [5.41, 5.74) is 1.00. The monoisotopic (exact) mass is 335 g/mol. The largest absolute Gasteiger partial charge is 0.493 e. The summed E-state index contributed by atoms with van der Waals surface area (Å²) in [5.74, 6) is -2.61. The van der Waals surface area contributed by atoms with Gasteiger partial charge in [-0.1, -0.05) is 0 Å². The lowest BCUT2D eigenvalue weighted by atomic mass is 10.1. The molecule has 9 heteroatoms. The summed E-state index contributed by atoms with van der Waals surface area (Å²) in [6.07, 6.45) is 1.03. The van der Waals surface area contributed by atoms with E-state index in [-0.39, 0.29) is 18.5 Å². The smallest absolute Gasteiger partial charge is 0.326 e. The van der Waals surface area contributed by atoms with Gasteiger partial charge in [-0.15, -0.1) is 0 Å². The number of fused-ring (bicyclic) bond motifs is 1. The number of carbonyl (C=O) groups excluding carboxylic acids is 1. The molecule has 0 aromatic carbocycles. The normalized spacial score (nSPS) is 11.9. The lowest BCUT2D eigenvalue weighted by Gasteiger charge is -2.13. The van der Waals surface area contributed by atoms with E-state index in [0.29, 0.717) is 17.1 Å². The van der Waals surface area contributed by atoms with E-state index in [1.807, 2.05) is 0 Å². The van der Waals surface area contributed by atoms with Gasteiger partial charge in [-0.25, -0.2) is 9.78 Å². The molecule has 0 saturated carbocycles. The zero-order valence-electron chi connectivity index (χ0n) is 13.1. The molecule has 2 heterocycles. The van der Waals surface area contributed by atoms with Crippen molar-refractivity contribution in [3.05, 3.63) is 29.7 Å². The Kier molecular flexibility index (Phi) is 5.02. The van der Waals surface area contributed by atoms with Crippen molar-refractivity contribution in [1.82, 2.24) is 14.7 Å². The predicted octanol–water partition coefficient (Wildman–Crippen LogP) is 0.699. The summed E-state index contributed by atoms with van der Waals surface area (Å²) in [5, 5.41) is 20.2. The Labute approximate surface area is 136 Å². The average Bonchev–Trinajstić information content (AvgIpc) is 2.86. The number of ether oxygens (including phenoxy) is 1. The van der Waals surface area contributed by atoms with E-state index in [0.717, 1.165) is 0 Å². The van der Waals surface area contributed by atoms with Gasteiger partial charge >= 0.3 is 11.9 Å². The highest BCUT2D eigenvalue weighted by Crippen LogP contribution is 2.21. The summed E-state index contributed by atoms with van der Waals surface area (Å²) in [7, 11) is 1.48. The van der Waals surface area contributed by atoms with Crippen molar-refractivity contribution in [2.24, 2.45) is 0 Å². The molecule has 9 nitrogen and oxygen atoms in total. The molecule has 2 aromatic heterocycles. The van der Waals surface area contributed by atoms with Crippen LogP contribution in [0.1, 0.15) is 29.0 Å². The molecule has 2 aromatic rings. The number of imidazole rings is 1. The van der Waals surface area contributed by atoms with Crippen LogP contribution in [0, 0.1) is 6.92 Å². The fourth-order valence-corrected chi connectivity index (χ4v) is 2.34. The van der Waals surface area contributed by atoms with Crippen LogP contribution in [-0.4, -0.2) is 50.6 Å². The highest BCUT2D eigenvalue weighted by molar-refractivity contribution is 5.97. The highest BCUT2D eigenvalue weighted by atomic mass is 16.5. The number of hydrogen-bond acceptors (Lipinski definition) is 5. The maximum atomic E-state index is 12.5. The molecule has 3 N–H and O–H groups in total. The molecule has 1 unspecified atom stereocenters. The number of amides is 1. The van der Waals surface area contributed by atoms with Crippen LogP contribution in [0.2, 0.25) is 0 Å². The minimum Gasteiger partial charge on any atom is -0.493 e. The molecule has 0 aliphatic carbocycles. The molecular formula is C15H17N3O6. The lowest BCUT2D eigenvalue weighted by Crippen LogP contribution is -2.41. The Morgan fingerprint density at radius 1 is 1.38 bits per heavy atom. The maximum absolute atomic E-state index is 12.5. The number of nitrogens with one attached hydrogen (secondary N) is 1. The summed E-state index contributed by atoms with van der Waals surface area (Å²) in [6, 6.07) is 2.06. The third-order valence-corrected chi connectivity index (χ3v) is 3.47. The molecule has 128 valence electrons. The SMILES string of the molecule is COc1cccn2c(C(=O)NC(CCC(=O)O)C(=O)O)c(C)nc12. The number of nitrogens with zero attached hydrogens (tertiary/aromatic N) is 2. The second kappa shape index (κ2) is 6.99. The van der Waals surface area contributed by atoms with Gasteiger partial charge in [0.2, 0.25) is 0 Å². The van der Waals surface area contributed by atoms with Crippen LogP contribution in [-0.2, 0) is 9.59 Å². The topological polar surface area (TPSA) is 130 Å². The van der Waals surface area contributed by atoms with E-state index in [4.69, 9.17) is 14.9 Å². The lowest BCUT2D eigenvalue weighted by molar-refractivity contribution is -0.140. The van der Waals surface area contributed by atoms with Gasteiger partial charge in [0, 0.05) is 12.6 Å². The molecule has 0 fully saturated rings. The van der Waals surface area contributed by atoms with Gasteiger partial charge in [0.05, 0.1) is 12.8 Å². The Hall–Kier alpha value is -3.10. The Morgan fingerprint density at radius 3 is 2.67 bits per heavy atom. The van der Waals surface area contributed by atoms with Gasteiger partial charge in [-0.05, 0) is 25.5 Å². The first-order chi connectivity index (χ1) is 11.3. The minimum absolute atomic E-state index is 0.172. The van der Waals surface area contributed by atoms with Gasteiger partial charge in [0.1, 0.15) is 11.7 Å². The minimum atomic E-state index is -1.30. The van der Waals surface area contributed by atoms with Crippen LogP contribution in [0.3, 0.4) is 0 Å². The summed E-state index contributed by atoms with van der Waals surface area (Å²) in [6.45, 7) is 1.62. The molecule has 0 aliphatic heterocycles. The average molecular weight is 335 g/mol. The van der Waals surface area contributed by atoms with E-state index in [9.17, 15) is 14.4 Å². The molecule has 0 saturated heterocycles. The second-order valence-electron chi connectivity index (χ2n) is 5.11. The van der Waals surface area contributed by atoms with Crippen LogP contribution < -0.4 is 10.1 Å². The third-order valence-electron chi connectivity index (χ3n) is 3.47. The number of carboxylic acid groups (broad SMARTS) is 2. The van der Waals surface area contributed by atoms with Crippen LogP contribution in [0.25, 0.3) is 5.65 Å². The maximum Gasteiger partial charge on any atom is 0.326 e. The number of carbonyl (C=O) groups is 3. The standard InChI is InChI=1S/C15H17N3O6/c1-8-12(18-7-3-4-10(24-2)13(18)16-8)14(21)17-9(15(22)23)5-6-11(19)20/h3-4,7,9H,5-6H2,1-2H3,(H,17,21)(H,19,20)(H,22,23). The molecule has 2 rings (SSSR count). The van der Waals surface area contributed by atoms with Crippen molar-refractivity contribution in [3.63, 3.8) is 0 Å². The molecule has 1 amide bonds. The van der Waals surface area contributed by atoms with Gasteiger partial charge in [-0.3, -0.25) is 14.0 Å². The zero-order chi connectivity index (χ0) is 17.9. The molecule has 1 atom stereocenters. The Balaban J connectivity index is 2.32. The number of aryl methyl sites for hydroxylation is 1. The van der Waals surface area contributed by atoms with E-state index in [2.05, 4.69) is 10.3 Å². The first-order valence-electron chi connectivity index (χ1n) is 7.12. The van der Waals surface area contributed by atoms with E-state index < -0.39 is 23.9 Å². The fraction of sp³-hybridized carbons (Fsp3) is 0.333. The summed E-state index contributed by atoms with van der Waals surface area (Å²) < 4.78 is 6.68. The number of aliphatic carboxylic acids is 2. The van der Waals surface area contributed by atoms with Gasteiger partial charge in [-0.2, -0.15) is 0 Å². The third kappa shape index (κ3) is 3.45. The molecular weight excluding hydrogens is 318 g/mol. The van der Waals surface area contributed by atoms with Crippen LogP contribution in [0.4, 0.5) is 0 Å². The second-order valence-corrected chi connectivity index (χ2v) is 5.11. The zero-order valence-corrected chi connectivity index (χ0v) is 13.1. The number of hydrogen-bond donors (Lipinski definition) is 3. The first kappa shape index (κ1) is 17.3. The molecule has 0 aliphatic rings. The van der Waals surface area contributed by atoms with E-state index in [1.165, 1.54) is 11.5 Å². The number of rotatable bonds is 7. The summed E-state index contributed by atoms with van der Waals surface area (Å²) >= 11 is 0. The molecule has 0 spiro atoms. The van der Waals surface area contributed by atoms with E-state index in [1.54, 1.807) is 25.3 Å². The van der Waals surface area contributed by atoms with Crippen LogP contribution in [0.15, 0.2) is 18.3 Å². The van der Waals surface area contributed by atoms with Crippen molar-refractivity contribution >= 4 is 23.5 Å². The molecule has 0 bridgehead atoms. The predicted molar refractivity (Wildman–Crippen MR) is 82.2 cm³/mol.